The van der Waals surface area contributed by atoms with Crippen molar-refractivity contribution in [1.82, 2.24) is 15.1 Å². The van der Waals surface area contributed by atoms with E-state index >= 15 is 0 Å². The number of hydrogen-bond acceptors (Lipinski definition) is 3. The van der Waals surface area contributed by atoms with E-state index in [-0.39, 0.29) is 6.04 Å². The highest BCUT2D eigenvalue weighted by atomic mass is 16.2. The molecule has 4 heteroatoms. The highest BCUT2D eigenvalue weighted by molar-refractivity contribution is 5.81. The molecule has 3 unspecified atom stereocenters. The summed E-state index contributed by atoms with van der Waals surface area (Å²) in [5.41, 5.74) is 0. The summed E-state index contributed by atoms with van der Waals surface area (Å²) in [5.74, 6) is 0.304. The second-order valence-electron chi connectivity index (χ2n) is 6.68. The molecule has 0 saturated carbocycles. The van der Waals surface area contributed by atoms with Gasteiger partial charge in [-0.2, -0.15) is 0 Å². The van der Waals surface area contributed by atoms with Gasteiger partial charge in [0.25, 0.3) is 0 Å². The molecule has 2 rings (SSSR count). The minimum Gasteiger partial charge on any atom is -0.341 e. The first kappa shape index (κ1) is 15.8. The van der Waals surface area contributed by atoms with Crippen LogP contribution in [0.1, 0.15) is 52.4 Å². The van der Waals surface area contributed by atoms with E-state index in [1.165, 1.54) is 25.7 Å². The zero-order valence-corrected chi connectivity index (χ0v) is 13.4. The van der Waals surface area contributed by atoms with Crippen molar-refractivity contribution in [2.24, 2.45) is 0 Å². The summed E-state index contributed by atoms with van der Waals surface area (Å²) >= 11 is 0. The van der Waals surface area contributed by atoms with Crippen LogP contribution in [0, 0.1) is 0 Å². The SMILES string of the molecule is CC(NC1CCN(C)C(C)C1)C(=O)N1CCCCCC1. The van der Waals surface area contributed by atoms with Gasteiger partial charge >= 0.3 is 0 Å². The maximum Gasteiger partial charge on any atom is 0.239 e. The molecule has 4 nitrogen and oxygen atoms in total. The molecule has 0 aromatic heterocycles. The van der Waals surface area contributed by atoms with Crippen molar-refractivity contribution in [3.05, 3.63) is 0 Å². The smallest absolute Gasteiger partial charge is 0.239 e. The van der Waals surface area contributed by atoms with Crippen LogP contribution in [0.4, 0.5) is 0 Å². The first-order chi connectivity index (χ1) is 9.58. The highest BCUT2D eigenvalue weighted by Crippen LogP contribution is 2.16. The molecule has 3 atom stereocenters. The molecule has 2 aliphatic heterocycles. The molecule has 116 valence electrons. The fourth-order valence-electron chi connectivity index (χ4n) is 3.43. The molecule has 0 spiro atoms. The Morgan fingerprint density at radius 3 is 2.40 bits per heavy atom. The van der Waals surface area contributed by atoms with E-state index in [1.807, 2.05) is 6.92 Å². The fourth-order valence-corrected chi connectivity index (χ4v) is 3.43. The van der Waals surface area contributed by atoms with E-state index in [0.717, 1.165) is 32.5 Å². The zero-order chi connectivity index (χ0) is 14.5. The van der Waals surface area contributed by atoms with Gasteiger partial charge < -0.3 is 15.1 Å². The molecule has 1 N–H and O–H groups in total. The Balaban J connectivity index is 1.81. The monoisotopic (exact) mass is 281 g/mol. The summed E-state index contributed by atoms with van der Waals surface area (Å²) in [6.07, 6.45) is 7.19. The van der Waals surface area contributed by atoms with Crippen LogP contribution < -0.4 is 5.32 Å². The van der Waals surface area contributed by atoms with Crippen LogP contribution in [0.25, 0.3) is 0 Å². The molecule has 20 heavy (non-hydrogen) atoms. The second-order valence-corrected chi connectivity index (χ2v) is 6.68. The first-order valence-electron chi connectivity index (χ1n) is 8.33. The van der Waals surface area contributed by atoms with Gasteiger partial charge in [-0.05, 0) is 53.1 Å². The average molecular weight is 281 g/mol. The Labute approximate surface area is 123 Å². The van der Waals surface area contributed by atoms with Crippen molar-refractivity contribution in [3.63, 3.8) is 0 Å². The van der Waals surface area contributed by atoms with E-state index in [0.29, 0.717) is 18.0 Å². The van der Waals surface area contributed by atoms with E-state index in [4.69, 9.17) is 0 Å². The van der Waals surface area contributed by atoms with Crippen molar-refractivity contribution in [2.45, 2.75) is 70.5 Å². The molecular weight excluding hydrogens is 250 g/mol. The average Bonchev–Trinajstić information content (AvgIpc) is 2.71. The van der Waals surface area contributed by atoms with Crippen LogP contribution >= 0.6 is 0 Å². The normalized spacial score (nSPS) is 30.9. The highest BCUT2D eigenvalue weighted by Gasteiger charge is 2.27. The van der Waals surface area contributed by atoms with Crippen LogP contribution in [-0.4, -0.2) is 60.5 Å². The van der Waals surface area contributed by atoms with Gasteiger partial charge in [-0.15, -0.1) is 0 Å². The molecule has 2 aliphatic rings. The molecule has 0 radical (unpaired) electrons. The maximum atomic E-state index is 12.5. The lowest BCUT2D eigenvalue weighted by molar-refractivity contribution is -0.133. The van der Waals surface area contributed by atoms with Crippen molar-refractivity contribution in [2.75, 3.05) is 26.7 Å². The van der Waals surface area contributed by atoms with Crippen molar-refractivity contribution in [1.29, 1.82) is 0 Å². The minimum absolute atomic E-state index is 0.0336. The lowest BCUT2D eigenvalue weighted by atomic mass is 9.98. The second kappa shape index (κ2) is 7.41. The van der Waals surface area contributed by atoms with E-state index in [2.05, 4.69) is 29.1 Å². The molecule has 1 amide bonds. The molecule has 2 heterocycles. The molecule has 0 aromatic rings. The molecule has 0 aliphatic carbocycles. The minimum atomic E-state index is -0.0336. The largest absolute Gasteiger partial charge is 0.341 e. The van der Waals surface area contributed by atoms with Gasteiger partial charge in [0.15, 0.2) is 0 Å². The number of amides is 1. The summed E-state index contributed by atoms with van der Waals surface area (Å²) in [4.78, 5) is 17.0. The summed E-state index contributed by atoms with van der Waals surface area (Å²) in [6.45, 7) is 7.35. The van der Waals surface area contributed by atoms with Gasteiger partial charge in [-0.25, -0.2) is 0 Å². The third-order valence-electron chi connectivity index (χ3n) is 4.98. The third kappa shape index (κ3) is 4.19. The predicted octanol–water partition coefficient (Wildman–Crippen LogP) is 1.85. The standard InChI is InChI=1S/C16H31N3O/c1-13-12-15(8-11-18(13)3)17-14(2)16(20)19-9-6-4-5-7-10-19/h13-15,17H,4-12H2,1-3H3. The molecular formula is C16H31N3O. The van der Waals surface area contributed by atoms with Gasteiger partial charge in [0.05, 0.1) is 6.04 Å². The van der Waals surface area contributed by atoms with Gasteiger partial charge in [-0.1, -0.05) is 12.8 Å². The van der Waals surface area contributed by atoms with Gasteiger partial charge in [0.2, 0.25) is 5.91 Å². The molecule has 0 aromatic carbocycles. The summed E-state index contributed by atoms with van der Waals surface area (Å²) < 4.78 is 0. The summed E-state index contributed by atoms with van der Waals surface area (Å²) in [6, 6.07) is 1.07. The number of nitrogens with zero attached hydrogens (tertiary/aromatic N) is 2. The third-order valence-corrected chi connectivity index (χ3v) is 4.98. The number of carbonyl (C=O) groups is 1. The number of likely N-dealkylation sites (tertiary alicyclic amines) is 2. The number of rotatable bonds is 3. The summed E-state index contributed by atoms with van der Waals surface area (Å²) in [5, 5.41) is 3.57. The van der Waals surface area contributed by atoms with Crippen molar-refractivity contribution < 1.29 is 4.79 Å². The zero-order valence-electron chi connectivity index (χ0n) is 13.4. The van der Waals surface area contributed by atoms with Crippen LogP contribution in [0.3, 0.4) is 0 Å². The number of hydrogen-bond donors (Lipinski definition) is 1. The predicted molar refractivity (Wildman–Crippen MR) is 82.8 cm³/mol. The van der Waals surface area contributed by atoms with Crippen LogP contribution in [0.15, 0.2) is 0 Å². The quantitative estimate of drug-likeness (QED) is 0.857. The Hall–Kier alpha value is -0.610. The van der Waals surface area contributed by atoms with Crippen molar-refractivity contribution >= 4 is 5.91 Å². The van der Waals surface area contributed by atoms with Gasteiger partial charge in [-0.3, -0.25) is 4.79 Å². The van der Waals surface area contributed by atoms with Gasteiger partial charge in [0, 0.05) is 25.2 Å². The lowest BCUT2D eigenvalue weighted by Gasteiger charge is -2.37. The van der Waals surface area contributed by atoms with Crippen LogP contribution in [-0.2, 0) is 4.79 Å². The van der Waals surface area contributed by atoms with Crippen LogP contribution in [0.2, 0.25) is 0 Å². The Bertz CT molecular complexity index is 313. The maximum absolute atomic E-state index is 12.5. The number of carbonyl (C=O) groups excluding carboxylic acids is 1. The molecule has 2 fully saturated rings. The first-order valence-corrected chi connectivity index (χ1v) is 8.33. The number of nitrogens with one attached hydrogen (secondary N) is 1. The van der Waals surface area contributed by atoms with Gasteiger partial charge in [0.1, 0.15) is 0 Å². The Kier molecular flexibility index (Phi) is 5.85. The van der Waals surface area contributed by atoms with Crippen LogP contribution in [0.5, 0.6) is 0 Å². The Morgan fingerprint density at radius 1 is 1.15 bits per heavy atom. The van der Waals surface area contributed by atoms with Crippen molar-refractivity contribution in [3.8, 4) is 0 Å². The van der Waals surface area contributed by atoms with E-state index in [1.54, 1.807) is 0 Å². The topological polar surface area (TPSA) is 35.6 Å². The fraction of sp³-hybridized carbons (Fsp3) is 0.938. The molecule has 2 saturated heterocycles. The number of piperidine rings is 1. The summed E-state index contributed by atoms with van der Waals surface area (Å²) in [7, 11) is 2.19. The van der Waals surface area contributed by atoms with E-state index < -0.39 is 0 Å². The van der Waals surface area contributed by atoms with E-state index in [9.17, 15) is 4.79 Å². The lowest BCUT2D eigenvalue weighted by Crippen LogP contribution is -2.52. The molecule has 0 bridgehead atoms. The Morgan fingerprint density at radius 2 is 1.80 bits per heavy atom.